The van der Waals surface area contributed by atoms with Crippen molar-refractivity contribution >= 4 is 0 Å². The van der Waals surface area contributed by atoms with Crippen LogP contribution in [-0.2, 0) is 0 Å². The average Bonchev–Trinajstić information content (AvgIpc) is 2.27. The van der Waals surface area contributed by atoms with Gasteiger partial charge in [-0.25, -0.2) is 0 Å². The lowest BCUT2D eigenvalue weighted by Crippen LogP contribution is -2.18. The number of rotatable bonds is 2. The van der Waals surface area contributed by atoms with Crippen molar-refractivity contribution in [1.29, 1.82) is 0 Å². The lowest BCUT2D eigenvalue weighted by atomic mass is 9.72. The summed E-state index contributed by atoms with van der Waals surface area (Å²) in [5.74, 6) is 3.15. The van der Waals surface area contributed by atoms with Crippen LogP contribution in [-0.4, -0.2) is 7.11 Å². The van der Waals surface area contributed by atoms with Crippen LogP contribution in [0.4, 0.5) is 0 Å². The number of hydrogen-bond acceptors (Lipinski definition) is 1. The van der Waals surface area contributed by atoms with Crippen LogP contribution in [0.2, 0.25) is 0 Å². The smallest absolute Gasteiger partial charge is 0.122 e. The zero-order valence-electron chi connectivity index (χ0n) is 11.7. The average molecular weight is 232 g/mol. The van der Waals surface area contributed by atoms with Gasteiger partial charge in [0.05, 0.1) is 7.11 Å². The Morgan fingerprint density at radius 2 is 1.94 bits per heavy atom. The number of methoxy groups -OCH3 is 1. The quantitative estimate of drug-likeness (QED) is 0.721. The van der Waals surface area contributed by atoms with Crippen molar-refractivity contribution in [2.24, 2.45) is 5.92 Å². The molecule has 2 atom stereocenters. The van der Waals surface area contributed by atoms with E-state index < -0.39 is 0 Å². The molecular weight excluding hydrogens is 208 g/mol. The van der Waals surface area contributed by atoms with Crippen molar-refractivity contribution in [2.45, 2.75) is 52.4 Å². The molecule has 0 N–H and O–H groups in total. The third kappa shape index (κ3) is 2.20. The van der Waals surface area contributed by atoms with E-state index in [-0.39, 0.29) is 0 Å². The zero-order valence-corrected chi connectivity index (χ0v) is 11.7. The van der Waals surface area contributed by atoms with Gasteiger partial charge in [0, 0.05) is 5.56 Å². The van der Waals surface area contributed by atoms with Crippen molar-refractivity contribution in [3.63, 3.8) is 0 Å². The summed E-state index contributed by atoms with van der Waals surface area (Å²) in [6.45, 7) is 9.16. The van der Waals surface area contributed by atoms with Crippen LogP contribution in [0.15, 0.2) is 12.1 Å². The first kappa shape index (κ1) is 12.5. The van der Waals surface area contributed by atoms with Crippen LogP contribution in [0.5, 0.6) is 5.75 Å². The van der Waals surface area contributed by atoms with Gasteiger partial charge < -0.3 is 4.74 Å². The predicted octanol–water partition coefficient (Wildman–Crippen LogP) is 4.64. The molecule has 17 heavy (non-hydrogen) atoms. The van der Waals surface area contributed by atoms with Gasteiger partial charge in [-0.3, -0.25) is 0 Å². The fourth-order valence-corrected chi connectivity index (χ4v) is 3.22. The van der Waals surface area contributed by atoms with Gasteiger partial charge in [-0.05, 0) is 54.7 Å². The highest BCUT2D eigenvalue weighted by molar-refractivity contribution is 5.48. The summed E-state index contributed by atoms with van der Waals surface area (Å²) in [6, 6.07) is 4.55. The molecule has 0 aromatic heterocycles. The first-order valence-corrected chi connectivity index (χ1v) is 6.73. The Bertz CT molecular complexity index is 406. The van der Waals surface area contributed by atoms with E-state index in [1.54, 1.807) is 7.11 Å². The summed E-state index contributed by atoms with van der Waals surface area (Å²) in [5, 5.41) is 0. The van der Waals surface area contributed by atoms with Crippen LogP contribution >= 0.6 is 0 Å². The Kier molecular flexibility index (Phi) is 3.46. The van der Waals surface area contributed by atoms with Crippen molar-refractivity contribution in [1.82, 2.24) is 0 Å². The van der Waals surface area contributed by atoms with Gasteiger partial charge in [-0.1, -0.05) is 26.8 Å². The second-order valence-electron chi connectivity index (χ2n) is 5.80. The standard InChI is InChI=1S/C16H24O/c1-10(2)13-7-6-12(4)16-14(13)8-11(3)9-15(16)17-5/h8-10,12-13H,6-7H2,1-5H3/t12-,13-/m0/s1. The molecule has 1 nitrogen and oxygen atoms in total. The first-order chi connectivity index (χ1) is 8.04. The Morgan fingerprint density at radius 3 is 2.53 bits per heavy atom. The Labute approximate surface area is 105 Å². The molecule has 0 unspecified atom stereocenters. The van der Waals surface area contributed by atoms with Crippen LogP contribution in [0, 0.1) is 12.8 Å². The molecular formula is C16H24O. The number of benzene rings is 1. The fraction of sp³-hybridized carbons (Fsp3) is 0.625. The molecule has 2 rings (SSSR count). The maximum Gasteiger partial charge on any atom is 0.122 e. The van der Waals surface area contributed by atoms with Crippen molar-refractivity contribution < 1.29 is 4.74 Å². The molecule has 0 saturated heterocycles. The summed E-state index contributed by atoms with van der Waals surface area (Å²) in [6.07, 6.45) is 2.60. The minimum absolute atomic E-state index is 0.635. The second-order valence-corrected chi connectivity index (χ2v) is 5.80. The maximum atomic E-state index is 5.59. The van der Waals surface area contributed by atoms with Gasteiger partial charge in [-0.15, -0.1) is 0 Å². The van der Waals surface area contributed by atoms with Crippen molar-refractivity contribution in [3.05, 3.63) is 28.8 Å². The molecule has 1 aromatic carbocycles. The lowest BCUT2D eigenvalue weighted by molar-refractivity contribution is 0.375. The van der Waals surface area contributed by atoms with E-state index in [1.165, 1.54) is 29.5 Å². The molecule has 94 valence electrons. The Morgan fingerprint density at radius 1 is 1.24 bits per heavy atom. The molecule has 1 aliphatic rings. The highest BCUT2D eigenvalue weighted by Gasteiger charge is 2.29. The highest BCUT2D eigenvalue weighted by Crippen LogP contribution is 2.46. The predicted molar refractivity (Wildman–Crippen MR) is 73.0 cm³/mol. The van der Waals surface area contributed by atoms with E-state index in [9.17, 15) is 0 Å². The van der Waals surface area contributed by atoms with E-state index in [2.05, 4.69) is 39.8 Å². The fourth-order valence-electron chi connectivity index (χ4n) is 3.22. The monoisotopic (exact) mass is 232 g/mol. The molecule has 0 fully saturated rings. The molecule has 0 heterocycles. The van der Waals surface area contributed by atoms with Crippen LogP contribution in [0.3, 0.4) is 0 Å². The van der Waals surface area contributed by atoms with Gasteiger partial charge >= 0.3 is 0 Å². The molecule has 0 saturated carbocycles. The summed E-state index contributed by atoms with van der Waals surface area (Å²) >= 11 is 0. The number of fused-ring (bicyclic) bond motifs is 1. The molecule has 0 radical (unpaired) electrons. The van der Waals surface area contributed by atoms with E-state index in [0.29, 0.717) is 17.8 Å². The van der Waals surface area contributed by atoms with E-state index in [4.69, 9.17) is 4.74 Å². The maximum absolute atomic E-state index is 5.59. The summed E-state index contributed by atoms with van der Waals surface area (Å²) in [5.41, 5.74) is 4.32. The minimum atomic E-state index is 0.635. The third-order valence-electron chi connectivity index (χ3n) is 4.15. The molecule has 0 aliphatic heterocycles. The van der Waals surface area contributed by atoms with Gasteiger partial charge in [0.2, 0.25) is 0 Å². The largest absolute Gasteiger partial charge is 0.496 e. The normalized spacial score (nSPS) is 23.6. The van der Waals surface area contributed by atoms with Crippen LogP contribution < -0.4 is 4.74 Å². The molecule has 1 heteroatoms. The second kappa shape index (κ2) is 4.72. The summed E-state index contributed by atoms with van der Waals surface area (Å²) in [4.78, 5) is 0. The molecule has 0 bridgehead atoms. The number of ether oxygens (including phenoxy) is 1. The summed E-state index contributed by atoms with van der Waals surface area (Å²) in [7, 11) is 1.79. The zero-order chi connectivity index (χ0) is 12.6. The van der Waals surface area contributed by atoms with Gasteiger partial charge in [-0.2, -0.15) is 0 Å². The van der Waals surface area contributed by atoms with Gasteiger partial charge in [0.1, 0.15) is 5.75 Å². The molecule has 1 aromatic rings. The topological polar surface area (TPSA) is 9.23 Å². The minimum Gasteiger partial charge on any atom is -0.496 e. The molecule has 0 spiro atoms. The van der Waals surface area contributed by atoms with E-state index >= 15 is 0 Å². The van der Waals surface area contributed by atoms with Crippen molar-refractivity contribution in [3.8, 4) is 5.75 Å². The molecule has 0 amide bonds. The highest BCUT2D eigenvalue weighted by atomic mass is 16.5. The lowest BCUT2D eigenvalue weighted by Gasteiger charge is -2.33. The van der Waals surface area contributed by atoms with Gasteiger partial charge in [0.15, 0.2) is 0 Å². The number of aryl methyl sites for hydroxylation is 1. The Hall–Kier alpha value is -0.980. The SMILES string of the molecule is COc1cc(C)cc2c1[C@@H](C)CC[C@H]2C(C)C. The summed E-state index contributed by atoms with van der Waals surface area (Å²) < 4.78 is 5.59. The Balaban J connectivity index is 2.58. The third-order valence-corrected chi connectivity index (χ3v) is 4.15. The first-order valence-electron chi connectivity index (χ1n) is 6.73. The molecule has 1 aliphatic carbocycles. The van der Waals surface area contributed by atoms with Gasteiger partial charge in [0.25, 0.3) is 0 Å². The van der Waals surface area contributed by atoms with E-state index in [1.807, 2.05) is 0 Å². The van der Waals surface area contributed by atoms with Crippen LogP contribution in [0.1, 0.15) is 62.1 Å². The van der Waals surface area contributed by atoms with Crippen molar-refractivity contribution in [2.75, 3.05) is 7.11 Å². The van der Waals surface area contributed by atoms with Crippen LogP contribution in [0.25, 0.3) is 0 Å². The van der Waals surface area contributed by atoms with E-state index in [0.717, 1.165) is 5.75 Å². The number of hydrogen-bond donors (Lipinski definition) is 0.